The van der Waals surface area contributed by atoms with Crippen molar-refractivity contribution in [1.82, 2.24) is 4.57 Å². The summed E-state index contributed by atoms with van der Waals surface area (Å²) >= 11 is 0. The molecule has 4 aromatic rings. The van der Waals surface area contributed by atoms with Gasteiger partial charge in [0.15, 0.2) is 0 Å². The van der Waals surface area contributed by atoms with E-state index in [9.17, 15) is 0 Å². The average molecular weight is 499 g/mol. The minimum atomic E-state index is 0.216. The first-order valence-corrected chi connectivity index (χ1v) is 13.8. The largest absolute Gasteiger partial charge is 0.338 e. The highest BCUT2D eigenvalue weighted by molar-refractivity contribution is 6.14. The molecule has 1 aromatic heterocycles. The second kappa shape index (κ2) is 11.6. The number of allylic oxidation sites excluding steroid dienone is 5. The van der Waals surface area contributed by atoms with Crippen LogP contribution >= 0.6 is 0 Å². The lowest BCUT2D eigenvalue weighted by molar-refractivity contribution is 0.700. The van der Waals surface area contributed by atoms with E-state index in [1.807, 2.05) is 6.08 Å². The predicted molar refractivity (Wildman–Crippen MR) is 167 cm³/mol. The number of hydrogen-bond donors (Lipinski definition) is 0. The van der Waals surface area contributed by atoms with Gasteiger partial charge in [0.25, 0.3) is 0 Å². The Hall–Kier alpha value is -4.04. The molecular weight excluding hydrogens is 460 g/mol. The molecule has 1 aliphatic carbocycles. The van der Waals surface area contributed by atoms with Crippen molar-refractivity contribution in [2.75, 3.05) is 4.90 Å². The van der Waals surface area contributed by atoms with Gasteiger partial charge in [-0.05, 0) is 67.5 Å². The number of anilines is 1. The van der Waals surface area contributed by atoms with Crippen LogP contribution in [0.5, 0.6) is 0 Å². The number of benzene rings is 3. The van der Waals surface area contributed by atoms with Crippen LogP contribution in [-0.4, -0.2) is 10.6 Å². The molecule has 3 aromatic carbocycles. The molecular formula is C36H38N2. The molecule has 1 unspecified atom stereocenters. The smallest absolute Gasteiger partial charge is 0.0562 e. The Bertz CT molecular complexity index is 1530. The number of aromatic nitrogens is 1. The minimum absolute atomic E-state index is 0.216. The molecule has 0 aliphatic heterocycles. The molecule has 2 nitrogen and oxygen atoms in total. The second-order valence-corrected chi connectivity index (χ2v) is 10.2. The quantitative estimate of drug-likeness (QED) is 0.187. The SMILES string of the molecule is C=CCCC(=C)n1c2ccccc2c2c(C3=CC=CC(N(C(=C)CCCC)c4ccccc4)C3)cccc21. The first-order valence-electron chi connectivity index (χ1n) is 13.8. The Morgan fingerprint density at radius 1 is 0.947 bits per heavy atom. The van der Waals surface area contributed by atoms with E-state index in [1.165, 1.54) is 44.3 Å². The molecule has 0 bridgehead atoms. The molecule has 38 heavy (non-hydrogen) atoms. The fourth-order valence-electron chi connectivity index (χ4n) is 5.74. The topological polar surface area (TPSA) is 8.17 Å². The molecule has 192 valence electrons. The molecule has 0 radical (unpaired) electrons. The number of unbranched alkanes of at least 4 members (excludes halogenated alkanes) is 1. The van der Waals surface area contributed by atoms with Crippen molar-refractivity contribution in [3.63, 3.8) is 0 Å². The molecule has 0 spiro atoms. The van der Waals surface area contributed by atoms with Crippen LogP contribution in [-0.2, 0) is 0 Å². The van der Waals surface area contributed by atoms with Gasteiger partial charge >= 0.3 is 0 Å². The number of para-hydroxylation sites is 2. The molecule has 0 N–H and O–H groups in total. The first kappa shape index (κ1) is 25.6. The van der Waals surface area contributed by atoms with Crippen LogP contribution in [0.4, 0.5) is 5.69 Å². The lowest BCUT2D eigenvalue weighted by Gasteiger charge is -2.35. The van der Waals surface area contributed by atoms with Crippen molar-refractivity contribution < 1.29 is 0 Å². The van der Waals surface area contributed by atoms with E-state index in [2.05, 4.69) is 127 Å². The van der Waals surface area contributed by atoms with Gasteiger partial charge in [0, 0.05) is 27.9 Å². The normalized spacial score (nSPS) is 15.0. The van der Waals surface area contributed by atoms with E-state index >= 15 is 0 Å². The van der Waals surface area contributed by atoms with E-state index in [0.717, 1.165) is 44.2 Å². The number of hydrogen-bond acceptors (Lipinski definition) is 1. The fourth-order valence-corrected chi connectivity index (χ4v) is 5.74. The summed E-state index contributed by atoms with van der Waals surface area (Å²) < 4.78 is 2.34. The summed E-state index contributed by atoms with van der Waals surface area (Å²) in [5.74, 6) is 0. The van der Waals surface area contributed by atoms with Crippen molar-refractivity contribution in [3.05, 3.63) is 128 Å². The third-order valence-electron chi connectivity index (χ3n) is 7.58. The van der Waals surface area contributed by atoms with Crippen LogP contribution in [0, 0.1) is 0 Å². The van der Waals surface area contributed by atoms with Crippen molar-refractivity contribution in [2.45, 2.75) is 51.5 Å². The molecule has 0 fully saturated rings. The van der Waals surface area contributed by atoms with Crippen LogP contribution in [0.3, 0.4) is 0 Å². The van der Waals surface area contributed by atoms with Gasteiger partial charge in [0.1, 0.15) is 0 Å². The number of rotatable bonds is 11. The van der Waals surface area contributed by atoms with E-state index in [0.29, 0.717) is 0 Å². The summed E-state index contributed by atoms with van der Waals surface area (Å²) in [6, 6.07) is 26.4. The van der Waals surface area contributed by atoms with E-state index in [1.54, 1.807) is 0 Å². The molecule has 0 amide bonds. The Kier molecular flexibility index (Phi) is 7.79. The number of nitrogens with zero attached hydrogens (tertiary/aromatic N) is 2. The predicted octanol–water partition coefficient (Wildman–Crippen LogP) is 10.2. The summed E-state index contributed by atoms with van der Waals surface area (Å²) in [5, 5.41) is 2.58. The Labute approximate surface area is 227 Å². The molecule has 1 aliphatic rings. The van der Waals surface area contributed by atoms with Gasteiger partial charge in [-0.3, -0.25) is 0 Å². The van der Waals surface area contributed by atoms with E-state index in [4.69, 9.17) is 0 Å². The Balaban J connectivity index is 1.57. The van der Waals surface area contributed by atoms with E-state index < -0.39 is 0 Å². The third kappa shape index (κ3) is 4.91. The zero-order valence-electron chi connectivity index (χ0n) is 22.6. The van der Waals surface area contributed by atoms with Gasteiger partial charge in [-0.15, -0.1) is 6.58 Å². The molecule has 1 heterocycles. The van der Waals surface area contributed by atoms with Gasteiger partial charge in [0.2, 0.25) is 0 Å². The summed E-state index contributed by atoms with van der Waals surface area (Å²) in [7, 11) is 0. The van der Waals surface area contributed by atoms with Gasteiger partial charge in [0.05, 0.1) is 17.1 Å². The monoisotopic (exact) mass is 498 g/mol. The first-order chi connectivity index (χ1) is 18.6. The molecule has 0 saturated heterocycles. The molecule has 0 saturated carbocycles. The van der Waals surface area contributed by atoms with Crippen LogP contribution in [0.15, 0.2) is 123 Å². The summed E-state index contributed by atoms with van der Waals surface area (Å²) in [6.45, 7) is 15.1. The maximum absolute atomic E-state index is 4.53. The summed E-state index contributed by atoms with van der Waals surface area (Å²) in [5.41, 5.74) is 8.58. The van der Waals surface area contributed by atoms with Crippen LogP contribution in [0.1, 0.15) is 51.0 Å². The average Bonchev–Trinajstić information content (AvgIpc) is 3.30. The van der Waals surface area contributed by atoms with Crippen LogP contribution in [0.25, 0.3) is 33.1 Å². The summed E-state index contributed by atoms with van der Waals surface area (Å²) in [4.78, 5) is 2.44. The Morgan fingerprint density at radius 3 is 2.50 bits per heavy atom. The lowest BCUT2D eigenvalue weighted by Crippen LogP contribution is -2.34. The van der Waals surface area contributed by atoms with Gasteiger partial charge in [-0.1, -0.05) is 99.3 Å². The van der Waals surface area contributed by atoms with Gasteiger partial charge in [-0.25, -0.2) is 0 Å². The van der Waals surface area contributed by atoms with Crippen molar-refractivity contribution in [2.24, 2.45) is 0 Å². The highest BCUT2D eigenvalue weighted by atomic mass is 15.2. The van der Waals surface area contributed by atoms with Gasteiger partial charge < -0.3 is 9.47 Å². The van der Waals surface area contributed by atoms with Crippen molar-refractivity contribution >= 4 is 38.8 Å². The molecule has 2 heteroatoms. The minimum Gasteiger partial charge on any atom is -0.338 e. The van der Waals surface area contributed by atoms with E-state index in [-0.39, 0.29) is 6.04 Å². The lowest BCUT2D eigenvalue weighted by atomic mass is 9.90. The maximum atomic E-state index is 4.53. The molecule has 1 atom stereocenters. The van der Waals surface area contributed by atoms with Crippen molar-refractivity contribution in [1.29, 1.82) is 0 Å². The van der Waals surface area contributed by atoms with Gasteiger partial charge in [-0.2, -0.15) is 0 Å². The highest BCUT2D eigenvalue weighted by Crippen LogP contribution is 2.40. The van der Waals surface area contributed by atoms with Crippen LogP contribution in [0.2, 0.25) is 0 Å². The zero-order chi connectivity index (χ0) is 26.5. The summed E-state index contributed by atoms with van der Waals surface area (Å²) in [6.07, 6.45) is 14.9. The number of fused-ring (bicyclic) bond motifs is 3. The van der Waals surface area contributed by atoms with Crippen LogP contribution < -0.4 is 4.90 Å². The Morgan fingerprint density at radius 2 is 1.71 bits per heavy atom. The van der Waals surface area contributed by atoms with Crippen molar-refractivity contribution in [3.8, 4) is 0 Å². The zero-order valence-corrected chi connectivity index (χ0v) is 22.6. The maximum Gasteiger partial charge on any atom is 0.0562 e. The third-order valence-corrected chi connectivity index (χ3v) is 7.58. The second-order valence-electron chi connectivity index (χ2n) is 10.2. The standard InChI is InChI=1S/C36H38N2/c1-5-7-16-27(3)37(30-19-10-9-11-20-30)31-21-14-18-29(26-31)32-23-15-25-35-36(32)33-22-12-13-24-34(33)38(35)28(4)17-8-6-2/h6,9-15,18-25,31H,2-5,7-8,16-17,26H2,1H3. The fraction of sp³-hybridized carbons (Fsp3) is 0.222. The molecule has 5 rings (SSSR count). The highest BCUT2D eigenvalue weighted by Gasteiger charge is 2.24.